The average Bonchev–Trinajstić information content (AvgIpc) is 3.18. The molecule has 0 unspecified atom stereocenters. The molecule has 0 spiro atoms. The maximum atomic E-state index is 12.4. The molecule has 1 amide bonds. The molecule has 0 saturated heterocycles. The molecule has 0 atom stereocenters. The van der Waals surface area contributed by atoms with Gasteiger partial charge in [-0.25, -0.2) is 4.98 Å². The molecule has 7 heteroatoms. The van der Waals surface area contributed by atoms with Crippen LogP contribution in [0.4, 0.5) is 17.1 Å². The van der Waals surface area contributed by atoms with Crippen molar-refractivity contribution in [1.82, 2.24) is 4.98 Å². The van der Waals surface area contributed by atoms with Crippen LogP contribution in [0.15, 0.2) is 60.8 Å². The first-order valence-corrected chi connectivity index (χ1v) is 8.88. The van der Waals surface area contributed by atoms with E-state index in [-0.39, 0.29) is 12.7 Å². The number of hydrogen-bond donors (Lipinski definition) is 2. The number of amides is 1. The predicted molar refractivity (Wildman–Crippen MR) is 106 cm³/mol. The second-order valence-electron chi connectivity index (χ2n) is 6.04. The Balaban J connectivity index is 1.39. The molecule has 7 nitrogen and oxygen atoms in total. The fraction of sp³-hybridized carbons (Fsp3) is 0.143. The molecule has 1 aromatic heterocycles. The summed E-state index contributed by atoms with van der Waals surface area (Å²) in [5, 5.41) is 6.04. The van der Waals surface area contributed by atoms with Crippen molar-refractivity contribution in [2.45, 2.75) is 6.92 Å². The molecule has 2 heterocycles. The zero-order valence-electron chi connectivity index (χ0n) is 15.3. The Morgan fingerprint density at radius 3 is 2.50 bits per heavy atom. The van der Waals surface area contributed by atoms with E-state index in [2.05, 4.69) is 15.6 Å². The number of anilines is 3. The highest BCUT2D eigenvalue weighted by Crippen LogP contribution is 2.35. The summed E-state index contributed by atoms with van der Waals surface area (Å²) in [7, 11) is 0. The number of hydrogen-bond acceptors (Lipinski definition) is 6. The van der Waals surface area contributed by atoms with Crippen LogP contribution in [-0.4, -0.2) is 24.3 Å². The fourth-order valence-electron chi connectivity index (χ4n) is 2.74. The van der Waals surface area contributed by atoms with Crippen LogP contribution in [-0.2, 0) is 0 Å². The van der Waals surface area contributed by atoms with Crippen molar-refractivity contribution >= 4 is 23.0 Å². The zero-order valence-corrected chi connectivity index (χ0v) is 15.3. The van der Waals surface area contributed by atoms with Gasteiger partial charge in [0, 0.05) is 17.4 Å². The average molecular weight is 377 g/mol. The highest BCUT2D eigenvalue weighted by Gasteiger charge is 2.13. The molecule has 0 fully saturated rings. The second kappa shape index (κ2) is 7.87. The number of nitrogens with one attached hydrogen (secondary N) is 2. The minimum atomic E-state index is -0.279. The van der Waals surface area contributed by atoms with Gasteiger partial charge >= 0.3 is 0 Å². The van der Waals surface area contributed by atoms with E-state index in [0.29, 0.717) is 23.7 Å². The van der Waals surface area contributed by atoms with Gasteiger partial charge in [-0.05, 0) is 55.5 Å². The molecule has 142 valence electrons. The van der Waals surface area contributed by atoms with Gasteiger partial charge in [0.05, 0.1) is 18.5 Å². The molecule has 0 aliphatic carbocycles. The molecule has 0 radical (unpaired) electrons. The Kier molecular flexibility index (Phi) is 4.97. The summed E-state index contributed by atoms with van der Waals surface area (Å²) in [5.41, 5.74) is 2.61. The lowest BCUT2D eigenvalue weighted by molar-refractivity contribution is 0.102. The Hall–Kier alpha value is -3.74. The van der Waals surface area contributed by atoms with E-state index in [9.17, 15) is 4.79 Å². The van der Waals surface area contributed by atoms with Crippen LogP contribution >= 0.6 is 0 Å². The van der Waals surface area contributed by atoms with E-state index >= 15 is 0 Å². The predicted octanol–water partition coefficient (Wildman–Crippen LogP) is 4.20. The number of carbonyl (C=O) groups excluding carboxylic acids is 1. The quantitative estimate of drug-likeness (QED) is 0.670. The summed E-state index contributed by atoms with van der Waals surface area (Å²) >= 11 is 0. The Morgan fingerprint density at radius 1 is 1.00 bits per heavy atom. The van der Waals surface area contributed by atoms with Gasteiger partial charge < -0.3 is 24.8 Å². The topological polar surface area (TPSA) is 81.7 Å². The summed E-state index contributed by atoms with van der Waals surface area (Å²) in [6, 6.07) is 16.3. The van der Waals surface area contributed by atoms with E-state index in [1.54, 1.807) is 30.5 Å². The largest absolute Gasteiger partial charge is 0.494 e. The third-order valence-corrected chi connectivity index (χ3v) is 4.08. The highest BCUT2D eigenvalue weighted by atomic mass is 16.7. The first kappa shape index (κ1) is 17.7. The zero-order chi connectivity index (χ0) is 19.3. The van der Waals surface area contributed by atoms with E-state index in [4.69, 9.17) is 14.2 Å². The molecule has 2 aromatic carbocycles. The van der Waals surface area contributed by atoms with Gasteiger partial charge in [0.1, 0.15) is 11.4 Å². The minimum Gasteiger partial charge on any atom is -0.494 e. The second-order valence-corrected chi connectivity index (χ2v) is 6.04. The Labute approximate surface area is 162 Å². The maximum Gasteiger partial charge on any atom is 0.274 e. The van der Waals surface area contributed by atoms with Crippen molar-refractivity contribution < 1.29 is 19.0 Å². The number of pyridine rings is 1. The maximum absolute atomic E-state index is 12.4. The molecule has 1 aliphatic heterocycles. The van der Waals surface area contributed by atoms with Crippen LogP contribution < -0.4 is 24.8 Å². The van der Waals surface area contributed by atoms with Crippen molar-refractivity contribution in [2.24, 2.45) is 0 Å². The molecule has 1 aliphatic rings. The van der Waals surface area contributed by atoms with Crippen LogP contribution in [0.25, 0.3) is 0 Å². The normalized spacial score (nSPS) is 11.8. The molecule has 2 N–H and O–H groups in total. The lowest BCUT2D eigenvalue weighted by Gasteiger charge is -2.09. The molecule has 4 rings (SSSR count). The van der Waals surface area contributed by atoms with Gasteiger partial charge in [-0.1, -0.05) is 0 Å². The monoisotopic (exact) mass is 377 g/mol. The lowest BCUT2D eigenvalue weighted by Crippen LogP contribution is -2.13. The molecule has 3 aromatic rings. The smallest absolute Gasteiger partial charge is 0.274 e. The van der Waals surface area contributed by atoms with Gasteiger partial charge in [0.15, 0.2) is 11.5 Å². The summed E-state index contributed by atoms with van der Waals surface area (Å²) in [6.45, 7) is 2.76. The van der Waals surface area contributed by atoms with Gasteiger partial charge in [-0.3, -0.25) is 4.79 Å². The van der Waals surface area contributed by atoms with Gasteiger partial charge in [0.25, 0.3) is 5.91 Å². The SMILES string of the molecule is CCOc1ccc(NC(=O)c2ccc(Nc3ccc4c(c3)OCO4)cn2)cc1. The van der Waals surface area contributed by atoms with Gasteiger partial charge in [-0.2, -0.15) is 0 Å². The minimum absolute atomic E-state index is 0.235. The van der Waals surface area contributed by atoms with E-state index in [0.717, 1.165) is 22.9 Å². The van der Waals surface area contributed by atoms with Crippen LogP contribution in [0.2, 0.25) is 0 Å². The van der Waals surface area contributed by atoms with E-state index in [1.165, 1.54) is 0 Å². The molecule has 0 bridgehead atoms. The number of fused-ring (bicyclic) bond motifs is 1. The van der Waals surface area contributed by atoms with Crippen molar-refractivity contribution in [3.8, 4) is 17.2 Å². The Bertz CT molecular complexity index is 972. The number of nitrogens with zero attached hydrogens (tertiary/aromatic N) is 1. The summed E-state index contributed by atoms with van der Waals surface area (Å²) in [5.74, 6) is 1.91. The van der Waals surface area contributed by atoms with E-state index in [1.807, 2.05) is 37.3 Å². The van der Waals surface area contributed by atoms with Crippen molar-refractivity contribution in [2.75, 3.05) is 24.0 Å². The standard InChI is InChI=1S/C21H19N3O4/c1-2-26-17-7-3-14(4-8-17)24-21(25)18-9-5-16(12-22-18)23-15-6-10-19-20(11-15)28-13-27-19/h3-12,23H,2,13H2,1H3,(H,24,25). The molecule has 0 saturated carbocycles. The van der Waals surface area contributed by atoms with Crippen molar-refractivity contribution in [3.63, 3.8) is 0 Å². The van der Waals surface area contributed by atoms with Crippen LogP contribution in [0, 0.1) is 0 Å². The molecular formula is C21H19N3O4. The highest BCUT2D eigenvalue weighted by molar-refractivity contribution is 6.03. The van der Waals surface area contributed by atoms with Crippen LogP contribution in [0.3, 0.4) is 0 Å². The molecule has 28 heavy (non-hydrogen) atoms. The summed E-state index contributed by atoms with van der Waals surface area (Å²) in [4.78, 5) is 16.6. The van der Waals surface area contributed by atoms with Crippen LogP contribution in [0.1, 0.15) is 17.4 Å². The van der Waals surface area contributed by atoms with Gasteiger partial charge in [-0.15, -0.1) is 0 Å². The van der Waals surface area contributed by atoms with E-state index < -0.39 is 0 Å². The number of ether oxygens (including phenoxy) is 3. The number of carbonyl (C=O) groups is 1. The number of benzene rings is 2. The summed E-state index contributed by atoms with van der Waals surface area (Å²) < 4.78 is 16.1. The first-order valence-electron chi connectivity index (χ1n) is 8.88. The van der Waals surface area contributed by atoms with Crippen molar-refractivity contribution in [1.29, 1.82) is 0 Å². The van der Waals surface area contributed by atoms with Crippen LogP contribution in [0.5, 0.6) is 17.2 Å². The fourth-order valence-corrected chi connectivity index (χ4v) is 2.74. The number of rotatable bonds is 6. The lowest BCUT2D eigenvalue weighted by atomic mass is 10.2. The summed E-state index contributed by atoms with van der Waals surface area (Å²) in [6.07, 6.45) is 1.61. The third-order valence-electron chi connectivity index (χ3n) is 4.08. The third kappa shape index (κ3) is 3.98. The number of aromatic nitrogens is 1. The van der Waals surface area contributed by atoms with Gasteiger partial charge in [0.2, 0.25) is 6.79 Å². The Morgan fingerprint density at radius 2 is 1.75 bits per heavy atom. The van der Waals surface area contributed by atoms with Crippen molar-refractivity contribution in [3.05, 3.63) is 66.5 Å². The molecular weight excluding hydrogens is 358 g/mol. The first-order chi connectivity index (χ1) is 13.7.